The highest BCUT2D eigenvalue weighted by atomic mass is 127. The van der Waals surface area contributed by atoms with Crippen LogP contribution < -0.4 is 0 Å². The van der Waals surface area contributed by atoms with E-state index in [1.807, 2.05) is 30.3 Å². The monoisotopic (exact) mass is 448 g/mol. The third-order valence-corrected chi connectivity index (χ3v) is 2.53. The first kappa shape index (κ1) is 22.5. The maximum Gasteiger partial charge on any atom is 0.490 e. The number of rotatable bonds is 1. The minimum atomic E-state index is -5.08. The maximum atomic E-state index is 10.6. The summed E-state index contributed by atoms with van der Waals surface area (Å²) in [7, 11) is 0. The molecule has 1 rings (SSSR count). The summed E-state index contributed by atoms with van der Waals surface area (Å²) in [6.07, 6.45) is -10.2. The first-order valence-electron chi connectivity index (χ1n) is 4.74. The summed E-state index contributed by atoms with van der Waals surface area (Å²) in [4.78, 5) is 17.8. The number of benzene rings is 1. The van der Waals surface area contributed by atoms with Crippen molar-refractivity contribution in [1.82, 2.24) is 0 Å². The molecule has 0 saturated heterocycles. The number of hydrogen-bond acceptors (Lipinski definition) is 3. The second-order valence-corrected chi connectivity index (χ2v) is 4.66. The van der Waals surface area contributed by atoms with Gasteiger partial charge in [-0.3, -0.25) is 3.07 Å². The van der Waals surface area contributed by atoms with Crippen LogP contribution in [0.25, 0.3) is 0 Å². The Morgan fingerprint density at radius 1 is 0.818 bits per heavy atom. The lowest BCUT2D eigenvalue weighted by Gasteiger charge is -1.93. The zero-order valence-electron chi connectivity index (χ0n) is 10.2. The van der Waals surface area contributed by atoms with Crippen molar-refractivity contribution in [3.8, 4) is 0 Å². The summed E-state index contributed by atoms with van der Waals surface area (Å²) < 4.78 is 74.7. The molecule has 0 saturated carbocycles. The molecule has 0 aliphatic rings. The number of aliphatic carboxylic acids is 2. The van der Waals surface area contributed by atoms with Crippen LogP contribution in [0, 0.1) is 3.57 Å². The molecule has 0 aliphatic heterocycles. The van der Waals surface area contributed by atoms with Crippen LogP contribution in [0.5, 0.6) is 0 Å². The predicted octanol–water partition coefficient (Wildman–Crippen LogP) is 3.44. The van der Waals surface area contributed by atoms with Crippen molar-refractivity contribution in [3.05, 3.63) is 33.9 Å². The van der Waals surface area contributed by atoms with Crippen LogP contribution >= 0.6 is 21.2 Å². The Bertz CT molecular complexity index is 461. The van der Waals surface area contributed by atoms with Gasteiger partial charge in [0, 0.05) is 3.57 Å². The molecule has 0 aromatic heterocycles. The standard InChI is InChI=1S/C6H5IO.2C2HF3O2/c8-7-6-4-2-1-3-5-6;2*3-2(4,5)1(6)7/h1-5H;2*(H,6,7). The first-order valence-corrected chi connectivity index (χ1v) is 6.70. The van der Waals surface area contributed by atoms with Gasteiger partial charge in [-0.1, -0.05) is 18.2 Å². The van der Waals surface area contributed by atoms with Crippen LogP contribution in [0.2, 0.25) is 0 Å². The predicted molar refractivity (Wildman–Crippen MR) is 67.2 cm³/mol. The highest BCUT2D eigenvalue weighted by molar-refractivity contribution is 14.1. The molecule has 12 heteroatoms. The van der Waals surface area contributed by atoms with Gasteiger partial charge in [0.1, 0.15) is 0 Å². The number of carbonyl (C=O) groups is 2. The number of alkyl halides is 6. The van der Waals surface area contributed by atoms with Crippen LogP contribution in [0.15, 0.2) is 30.3 Å². The highest BCUT2D eigenvalue weighted by Crippen LogP contribution is 2.13. The molecule has 126 valence electrons. The fourth-order valence-electron chi connectivity index (χ4n) is 0.466. The van der Waals surface area contributed by atoms with Gasteiger partial charge < -0.3 is 10.2 Å². The van der Waals surface area contributed by atoms with Crippen LogP contribution in [0.3, 0.4) is 0 Å². The van der Waals surface area contributed by atoms with Crippen molar-refractivity contribution in [1.29, 1.82) is 0 Å². The lowest BCUT2D eigenvalue weighted by Crippen LogP contribution is -2.21. The van der Waals surface area contributed by atoms with Crippen LogP contribution in [-0.2, 0) is 12.7 Å². The summed E-state index contributed by atoms with van der Waals surface area (Å²) >= 11 is -0.941. The molecular weight excluding hydrogens is 441 g/mol. The summed E-state index contributed by atoms with van der Waals surface area (Å²) in [5.74, 6) is -5.51. The Hall–Kier alpha value is -1.73. The van der Waals surface area contributed by atoms with Gasteiger partial charge >= 0.3 is 24.3 Å². The number of hydrogen-bond donors (Lipinski definition) is 2. The molecule has 0 radical (unpaired) electrons. The summed E-state index contributed by atoms with van der Waals surface area (Å²) in [5.41, 5.74) is 0. The van der Waals surface area contributed by atoms with Gasteiger partial charge in [0.15, 0.2) is 21.2 Å². The number of halogens is 7. The molecule has 0 spiro atoms. The third kappa shape index (κ3) is 13.3. The first-order chi connectivity index (χ1) is 9.82. The molecule has 0 fully saturated rings. The van der Waals surface area contributed by atoms with E-state index in [2.05, 4.69) is 0 Å². The van der Waals surface area contributed by atoms with E-state index in [1.54, 1.807) is 0 Å². The largest absolute Gasteiger partial charge is 0.490 e. The Labute approximate surface area is 129 Å². The van der Waals surface area contributed by atoms with Crippen molar-refractivity contribution in [2.75, 3.05) is 0 Å². The van der Waals surface area contributed by atoms with Crippen molar-refractivity contribution in [3.63, 3.8) is 0 Å². The molecule has 0 amide bonds. The molecular formula is C10H7F6IO5. The van der Waals surface area contributed by atoms with Crippen LogP contribution in [0.4, 0.5) is 26.3 Å². The minimum Gasteiger partial charge on any atom is -0.475 e. The van der Waals surface area contributed by atoms with Crippen molar-refractivity contribution in [2.45, 2.75) is 12.4 Å². The molecule has 5 nitrogen and oxygen atoms in total. The van der Waals surface area contributed by atoms with Gasteiger partial charge in [-0.05, 0) is 12.1 Å². The van der Waals surface area contributed by atoms with E-state index >= 15 is 0 Å². The molecule has 0 bridgehead atoms. The Morgan fingerprint density at radius 2 is 1.09 bits per heavy atom. The van der Waals surface area contributed by atoms with Gasteiger partial charge in [0.05, 0.1) is 0 Å². The van der Waals surface area contributed by atoms with E-state index in [0.29, 0.717) is 0 Å². The van der Waals surface area contributed by atoms with Crippen molar-refractivity contribution >= 4 is 33.1 Å². The van der Waals surface area contributed by atoms with Gasteiger partial charge in [-0.15, -0.1) is 0 Å². The minimum absolute atomic E-state index is 0.941. The molecule has 1 aromatic rings. The topological polar surface area (TPSA) is 91.7 Å². The Balaban J connectivity index is 0. The number of carboxylic acid groups (broad SMARTS) is 2. The summed E-state index contributed by atoms with van der Waals surface area (Å²) in [5, 5.41) is 14.2. The smallest absolute Gasteiger partial charge is 0.475 e. The quantitative estimate of drug-likeness (QED) is 0.508. The molecule has 0 atom stereocenters. The Morgan fingerprint density at radius 3 is 1.23 bits per heavy atom. The van der Waals surface area contributed by atoms with Crippen LogP contribution in [0.1, 0.15) is 0 Å². The van der Waals surface area contributed by atoms with E-state index in [9.17, 15) is 29.4 Å². The van der Waals surface area contributed by atoms with E-state index in [4.69, 9.17) is 19.8 Å². The van der Waals surface area contributed by atoms with Crippen LogP contribution in [-0.4, -0.2) is 34.5 Å². The second-order valence-electron chi connectivity index (χ2n) is 2.98. The lowest BCUT2D eigenvalue weighted by atomic mass is 10.4. The second kappa shape index (κ2) is 10.1. The van der Waals surface area contributed by atoms with Crippen molar-refractivity contribution < 1.29 is 49.2 Å². The molecule has 0 unspecified atom stereocenters. The van der Waals surface area contributed by atoms with E-state index in [1.165, 1.54) is 0 Å². The normalized spacial score (nSPS) is 10.5. The summed E-state index contributed by atoms with van der Waals surface area (Å²) in [6, 6.07) is 9.46. The Kier molecular flexibility index (Phi) is 10.3. The van der Waals surface area contributed by atoms with E-state index in [-0.39, 0.29) is 0 Å². The zero-order chi connectivity index (χ0) is 18.0. The molecule has 1 aromatic carbocycles. The third-order valence-electron chi connectivity index (χ3n) is 1.31. The fraction of sp³-hybridized carbons (Fsp3) is 0.200. The van der Waals surface area contributed by atoms with Gasteiger partial charge in [0.2, 0.25) is 0 Å². The summed E-state index contributed by atoms with van der Waals surface area (Å²) in [6.45, 7) is 0. The van der Waals surface area contributed by atoms with E-state index < -0.39 is 45.5 Å². The van der Waals surface area contributed by atoms with Crippen molar-refractivity contribution in [2.24, 2.45) is 0 Å². The zero-order valence-corrected chi connectivity index (χ0v) is 12.3. The van der Waals surface area contributed by atoms with Gasteiger partial charge in [-0.25, -0.2) is 9.59 Å². The maximum absolute atomic E-state index is 10.6. The van der Waals surface area contributed by atoms with Gasteiger partial charge in [0.25, 0.3) is 0 Å². The lowest BCUT2D eigenvalue weighted by molar-refractivity contribution is -0.193. The van der Waals surface area contributed by atoms with Gasteiger partial charge in [-0.2, -0.15) is 26.3 Å². The SMILES string of the molecule is O=C(O)C(F)(F)F.O=C(O)C(F)(F)F.O=Ic1ccccc1. The van der Waals surface area contributed by atoms with E-state index in [0.717, 1.165) is 3.57 Å². The molecule has 0 heterocycles. The molecule has 22 heavy (non-hydrogen) atoms. The average Bonchev–Trinajstić information content (AvgIpc) is 2.39. The average molecular weight is 448 g/mol. The highest BCUT2D eigenvalue weighted by Gasteiger charge is 2.38. The number of carboxylic acids is 2. The molecule has 0 aliphatic carbocycles. The molecule has 2 N–H and O–H groups in total. The fourth-order valence-corrected chi connectivity index (χ4v) is 1.17.